The van der Waals surface area contributed by atoms with Crippen molar-refractivity contribution in [2.75, 3.05) is 11.1 Å². The number of benzene rings is 1. The molecule has 78 valence electrons. The highest BCUT2D eigenvalue weighted by Crippen LogP contribution is 2.24. The van der Waals surface area contributed by atoms with Gasteiger partial charge in [-0.1, -0.05) is 0 Å². The van der Waals surface area contributed by atoms with Gasteiger partial charge in [0, 0.05) is 0 Å². The molecular weight excluding hydrogens is 204 g/mol. The van der Waals surface area contributed by atoms with Crippen LogP contribution in [0.15, 0.2) is 12.1 Å². The lowest BCUT2D eigenvalue weighted by Crippen LogP contribution is -2.13. The second kappa shape index (κ2) is 4.37. The molecule has 0 atom stereocenters. The van der Waals surface area contributed by atoms with Crippen LogP contribution in [0.5, 0.6) is 0 Å². The van der Waals surface area contributed by atoms with Crippen LogP contribution in [0.2, 0.25) is 0 Å². The van der Waals surface area contributed by atoms with E-state index >= 15 is 0 Å². The summed E-state index contributed by atoms with van der Waals surface area (Å²) in [6, 6.07) is 3.55. The maximum Gasteiger partial charge on any atom is 0.238 e. The molecule has 0 spiro atoms. The van der Waals surface area contributed by atoms with Gasteiger partial charge in [-0.05, 0) is 12.1 Å². The number of carbonyl (C=O) groups is 1. The van der Waals surface area contributed by atoms with Crippen LogP contribution in [0.4, 0.5) is 20.2 Å². The third-order valence-corrected chi connectivity index (χ3v) is 1.63. The van der Waals surface area contributed by atoms with E-state index in [9.17, 15) is 13.6 Å². The van der Waals surface area contributed by atoms with Crippen LogP contribution in [0.3, 0.4) is 0 Å². The fraction of sp³-hybridized carbons (Fsp3) is 0.111. The number of nitrogens with two attached hydrogens (primary N) is 1. The molecule has 0 saturated heterocycles. The van der Waals surface area contributed by atoms with Gasteiger partial charge >= 0.3 is 0 Å². The Bertz CT molecular complexity index is 440. The lowest BCUT2D eigenvalue weighted by Gasteiger charge is -2.07. The number of carbonyl (C=O) groups excluding carboxylic acids is 1. The average molecular weight is 211 g/mol. The number of nitrogen functional groups attached to an aromatic ring is 1. The van der Waals surface area contributed by atoms with E-state index in [2.05, 4.69) is 0 Å². The summed E-state index contributed by atoms with van der Waals surface area (Å²) in [7, 11) is 0. The number of nitriles is 1. The maximum absolute atomic E-state index is 13.1. The summed E-state index contributed by atoms with van der Waals surface area (Å²) in [5.74, 6) is -3.09. The normalized spacial score (nSPS) is 9.40. The van der Waals surface area contributed by atoms with Gasteiger partial charge in [0.1, 0.15) is 12.1 Å². The molecule has 0 aliphatic carbocycles. The molecular formula is C9H7F2N3O. The summed E-state index contributed by atoms with van der Waals surface area (Å²) in [4.78, 5) is 10.9. The molecule has 4 nitrogen and oxygen atoms in total. The zero-order valence-corrected chi connectivity index (χ0v) is 7.55. The van der Waals surface area contributed by atoms with Gasteiger partial charge in [0.25, 0.3) is 0 Å². The second-order valence-electron chi connectivity index (χ2n) is 2.71. The molecule has 3 N–H and O–H groups in total. The van der Waals surface area contributed by atoms with Gasteiger partial charge < -0.3 is 11.1 Å². The minimum Gasteiger partial charge on any atom is -0.397 e. The van der Waals surface area contributed by atoms with Crippen LogP contribution < -0.4 is 11.1 Å². The number of amides is 1. The highest BCUT2D eigenvalue weighted by Gasteiger charge is 2.13. The van der Waals surface area contributed by atoms with Gasteiger partial charge in [0.2, 0.25) is 5.91 Å². The molecule has 0 aliphatic heterocycles. The predicted molar refractivity (Wildman–Crippen MR) is 49.6 cm³/mol. The standard InChI is InChI=1S/C9H7F2N3O/c10-5-1-2-6(13)9(8(5)11)14-7(15)3-4-12/h1-2H,3,13H2,(H,14,15). The highest BCUT2D eigenvalue weighted by molar-refractivity contribution is 5.95. The SMILES string of the molecule is N#CCC(=O)Nc1c(N)ccc(F)c1F. The van der Waals surface area contributed by atoms with E-state index in [4.69, 9.17) is 11.0 Å². The number of hydrogen-bond donors (Lipinski definition) is 2. The Morgan fingerprint density at radius 2 is 2.20 bits per heavy atom. The van der Waals surface area contributed by atoms with Crippen LogP contribution in [-0.4, -0.2) is 5.91 Å². The highest BCUT2D eigenvalue weighted by atomic mass is 19.2. The number of nitrogens with one attached hydrogen (secondary N) is 1. The molecule has 0 fully saturated rings. The molecule has 0 aliphatic rings. The Kier molecular flexibility index (Phi) is 3.18. The average Bonchev–Trinajstić information content (AvgIpc) is 2.19. The van der Waals surface area contributed by atoms with E-state index < -0.39 is 29.6 Å². The molecule has 1 rings (SSSR count). The molecule has 6 heteroatoms. The van der Waals surface area contributed by atoms with Crippen molar-refractivity contribution in [1.29, 1.82) is 5.26 Å². The second-order valence-corrected chi connectivity index (χ2v) is 2.71. The molecule has 15 heavy (non-hydrogen) atoms. The van der Waals surface area contributed by atoms with Crippen molar-refractivity contribution in [1.82, 2.24) is 0 Å². The largest absolute Gasteiger partial charge is 0.397 e. The fourth-order valence-corrected chi connectivity index (χ4v) is 0.948. The van der Waals surface area contributed by atoms with Crippen LogP contribution >= 0.6 is 0 Å². The minimum absolute atomic E-state index is 0.0970. The van der Waals surface area contributed by atoms with E-state index in [1.165, 1.54) is 0 Å². The molecule has 0 radical (unpaired) electrons. The van der Waals surface area contributed by atoms with Crippen molar-refractivity contribution in [3.63, 3.8) is 0 Å². The Labute approximate surface area is 84.3 Å². The number of halogens is 2. The van der Waals surface area contributed by atoms with Gasteiger partial charge in [-0.3, -0.25) is 4.79 Å². The summed E-state index contributed by atoms with van der Waals surface area (Å²) < 4.78 is 25.9. The molecule has 1 amide bonds. The molecule has 1 aromatic rings. The Morgan fingerprint density at radius 3 is 2.80 bits per heavy atom. The van der Waals surface area contributed by atoms with Gasteiger partial charge in [-0.2, -0.15) is 5.26 Å². The summed E-state index contributed by atoms with van der Waals surface area (Å²) in [6.07, 6.45) is -0.449. The zero-order chi connectivity index (χ0) is 11.4. The molecule has 0 unspecified atom stereocenters. The first kappa shape index (κ1) is 10.9. The van der Waals surface area contributed by atoms with E-state index in [0.717, 1.165) is 12.1 Å². The van der Waals surface area contributed by atoms with E-state index in [0.29, 0.717) is 0 Å². The number of rotatable bonds is 2. The number of anilines is 2. The quantitative estimate of drug-likeness (QED) is 0.725. The van der Waals surface area contributed by atoms with Crippen LogP contribution in [0, 0.1) is 23.0 Å². The zero-order valence-electron chi connectivity index (χ0n) is 7.55. The van der Waals surface area contributed by atoms with Crippen molar-refractivity contribution < 1.29 is 13.6 Å². The molecule has 1 aromatic carbocycles. The van der Waals surface area contributed by atoms with Crippen LogP contribution in [-0.2, 0) is 4.79 Å². The van der Waals surface area contributed by atoms with Gasteiger partial charge in [0.15, 0.2) is 11.6 Å². The van der Waals surface area contributed by atoms with Crippen molar-refractivity contribution in [3.05, 3.63) is 23.8 Å². The summed E-state index contributed by atoms with van der Waals surface area (Å²) in [5, 5.41) is 10.2. The first-order valence-electron chi connectivity index (χ1n) is 3.96. The lowest BCUT2D eigenvalue weighted by atomic mass is 10.2. The van der Waals surface area contributed by atoms with Gasteiger partial charge in [0.05, 0.1) is 11.8 Å². The number of hydrogen-bond acceptors (Lipinski definition) is 3. The number of nitrogens with zero attached hydrogens (tertiary/aromatic N) is 1. The Balaban J connectivity index is 3.00. The molecule has 0 heterocycles. The first-order chi connectivity index (χ1) is 7.06. The fourth-order valence-electron chi connectivity index (χ4n) is 0.948. The van der Waals surface area contributed by atoms with Crippen LogP contribution in [0.25, 0.3) is 0 Å². The summed E-state index contributed by atoms with van der Waals surface area (Å²) >= 11 is 0. The van der Waals surface area contributed by atoms with Crippen molar-refractivity contribution in [2.45, 2.75) is 6.42 Å². The summed E-state index contributed by atoms with van der Waals surface area (Å²) in [6.45, 7) is 0. The predicted octanol–water partition coefficient (Wildman–Crippen LogP) is 1.40. The molecule has 0 aromatic heterocycles. The summed E-state index contributed by atoms with van der Waals surface area (Å²) in [5.41, 5.74) is 4.80. The monoisotopic (exact) mass is 211 g/mol. The Morgan fingerprint density at radius 1 is 1.53 bits per heavy atom. The van der Waals surface area contributed by atoms with Crippen LogP contribution in [0.1, 0.15) is 6.42 Å². The van der Waals surface area contributed by atoms with Crippen molar-refractivity contribution in [2.24, 2.45) is 0 Å². The first-order valence-corrected chi connectivity index (χ1v) is 3.96. The molecule has 0 bridgehead atoms. The van der Waals surface area contributed by atoms with E-state index in [-0.39, 0.29) is 5.69 Å². The topological polar surface area (TPSA) is 78.9 Å². The minimum atomic E-state index is -1.23. The third-order valence-electron chi connectivity index (χ3n) is 1.63. The van der Waals surface area contributed by atoms with E-state index in [1.54, 1.807) is 6.07 Å². The Hall–Kier alpha value is -2.16. The van der Waals surface area contributed by atoms with Crippen molar-refractivity contribution in [3.8, 4) is 6.07 Å². The lowest BCUT2D eigenvalue weighted by molar-refractivity contribution is -0.115. The van der Waals surface area contributed by atoms with Crippen molar-refractivity contribution >= 4 is 17.3 Å². The van der Waals surface area contributed by atoms with Gasteiger partial charge in [-0.15, -0.1) is 0 Å². The molecule has 0 saturated carbocycles. The third kappa shape index (κ3) is 2.40. The van der Waals surface area contributed by atoms with E-state index in [1.807, 2.05) is 5.32 Å². The van der Waals surface area contributed by atoms with Gasteiger partial charge in [-0.25, -0.2) is 8.78 Å². The smallest absolute Gasteiger partial charge is 0.238 e. The maximum atomic E-state index is 13.1.